The second-order valence-corrected chi connectivity index (χ2v) is 5.25. The Morgan fingerprint density at radius 1 is 1.29 bits per heavy atom. The van der Waals surface area contributed by atoms with Crippen molar-refractivity contribution in [2.45, 2.75) is 38.5 Å². The molecule has 1 aromatic heterocycles. The van der Waals surface area contributed by atoms with Crippen LogP contribution in [-0.2, 0) is 0 Å². The van der Waals surface area contributed by atoms with Crippen LogP contribution in [0.3, 0.4) is 0 Å². The number of aromatic nitrogens is 1. The van der Waals surface area contributed by atoms with Crippen LogP contribution in [0.5, 0.6) is 0 Å². The highest BCUT2D eigenvalue weighted by Gasteiger charge is 2.18. The Morgan fingerprint density at radius 3 is 2.65 bits per heavy atom. The molecule has 1 heterocycles. The second-order valence-electron chi connectivity index (χ2n) is 4.56. The molecule has 2 unspecified atom stereocenters. The third-order valence-electron chi connectivity index (χ3n) is 3.27. The summed E-state index contributed by atoms with van der Waals surface area (Å²) < 4.78 is 0. The average Bonchev–Trinajstić information content (AvgIpc) is 2.29. The number of hydrogen-bond donors (Lipinski definition) is 0. The standard InChI is InChI=1S/C15H18ClN/c1-4-12(11(3)16)14-9-10(2)17-15-8-6-5-7-13(14)15/h5-9,11-12H,4H2,1-3H3. The SMILES string of the molecule is CCC(c1cc(C)nc2ccccc12)C(C)Cl. The zero-order valence-corrected chi connectivity index (χ0v) is 11.3. The van der Waals surface area contributed by atoms with Crippen LogP contribution in [0.25, 0.3) is 10.9 Å². The highest BCUT2D eigenvalue weighted by Crippen LogP contribution is 2.32. The molecule has 0 amide bonds. The van der Waals surface area contributed by atoms with Gasteiger partial charge in [0.15, 0.2) is 0 Å². The highest BCUT2D eigenvalue weighted by molar-refractivity contribution is 6.21. The van der Waals surface area contributed by atoms with E-state index in [1.54, 1.807) is 0 Å². The van der Waals surface area contributed by atoms with E-state index >= 15 is 0 Å². The summed E-state index contributed by atoms with van der Waals surface area (Å²) in [5.41, 5.74) is 3.46. The van der Waals surface area contributed by atoms with Crippen molar-refractivity contribution in [1.82, 2.24) is 4.98 Å². The number of alkyl halides is 1. The van der Waals surface area contributed by atoms with E-state index in [1.807, 2.05) is 13.0 Å². The van der Waals surface area contributed by atoms with Crippen molar-refractivity contribution in [2.75, 3.05) is 0 Å². The monoisotopic (exact) mass is 247 g/mol. The number of hydrogen-bond acceptors (Lipinski definition) is 1. The number of fused-ring (bicyclic) bond motifs is 1. The summed E-state index contributed by atoms with van der Waals surface area (Å²) >= 11 is 6.31. The van der Waals surface area contributed by atoms with Crippen LogP contribution >= 0.6 is 11.6 Å². The van der Waals surface area contributed by atoms with E-state index in [4.69, 9.17) is 11.6 Å². The van der Waals surface area contributed by atoms with Crippen LogP contribution in [0.4, 0.5) is 0 Å². The minimum Gasteiger partial charge on any atom is -0.253 e. The third-order valence-corrected chi connectivity index (χ3v) is 3.57. The van der Waals surface area contributed by atoms with E-state index in [0.717, 1.165) is 17.6 Å². The molecule has 1 nitrogen and oxygen atoms in total. The summed E-state index contributed by atoms with van der Waals surface area (Å²) in [7, 11) is 0. The van der Waals surface area contributed by atoms with E-state index in [-0.39, 0.29) is 5.38 Å². The smallest absolute Gasteiger partial charge is 0.0708 e. The van der Waals surface area contributed by atoms with Gasteiger partial charge in [0.1, 0.15) is 0 Å². The Bertz CT molecular complexity index is 519. The number of benzene rings is 1. The molecule has 2 rings (SSSR count). The first-order valence-electron chi connectivity index (χ1n) is 6.13. The van der Waals surface area contributed by atoms with Crippen LogP contribution in [0.2, 0.25) is 0 Å². The number of pyridine rings is 1. The fourth-order valence-corrected chi connectivity index (χ4v) is 2.75. The van der Waals surface area contributed by atoms with Crippen molar-refractivity contribution in [2.24, 2.45) is 0 Å². The predicted molar refractivity (Wildman–Crippen MR) is 74.8 cm³/mol. The summed E-state index contributed by atoms with van der Waals surface area (Å²) in [5.74, 6) is 0.392. The molecule has 0 saturated carbocycles. The molecule has 2 heteroatoms. The fourth-order valence-electron chi connectivity index (χ4n) is 2.44. The normalized spacial score (nSPS) is 14.8. The minimum atomic E-state index is 0.144. The van der Waals surface area contributed by atoms with Gasteiger partial charge in [0.25, 0.3) is 0 Å². The van der Waals surface area contributed by atoms with E-state index in [1.165, 1.54) is 10.9 Å². The molecule has 0 N–H and O–H groups in total. The average molecular weight is 248 g/mol. The lowest BCUT2D eigenvalue weighted by molar-refractivity contribution is 0.653. The van der Waals surface area contributed by atoms with Crippen LogP contribution in [0.1, 0.15) is 37.4 Å². The molecule has 0 fully saturated rings. The number of rotatable bonds is 3. The highest BCUT2D eigenvalue weighted by atomic mass is 35.5. The van der Waals surface area contributed by atoms with Crippen LogP contribution in [-0.4, -0.2) is 10.4 Å². The zero-order valence-electron chi connectivity index (χ0n) is 10.6. The summed E-state index contributed by atoms with van der Waals surface area (Å²) in [6.07, 6.45) is 1.05. The van der Waals surface area contributed by atoms with E-state index in [0.29, 0.717) is 5.92 Å². The molecule has 2 atom stereocenters. The van der Waals surface area contributed by atoms with Gasteiger partial charge in [-0.25, -0.2) is 0 Å². The van der Waals surface area contributed by atoms with Crippen molar-refractivity contribution >= 4 is 22.5 Å². The van der Waals surface area contributed by atoms with E-state index < -0.39 is 0 Å². The van der Waals surface area contributed by atoms with Gasteiger partial charge in [-0.3, -0.25) is 4.98 Å². The number of nitrogens with zero attached hydrogens (tertiary/aromatic N) is 1. The number of aryl methyl sites for hydroxylation is 1. The molecule has 0 aliphatic heterocycles. The van der Waals surface area contributed by atoms with Gasteiger partial charge in [0, 0.05) is 22.4 Å². The first kappa shape index (κ1) is 12.4. The third kappa shape index (κ3) is 2.44. The Morgan fingerprint density at radius 2 is 2.00 bits per heavy atom. The molecule has 0 aliphatic carbocycles. The van der Waals surface area contributed by atoms with Gasteiger partial charge in [0.2, 0.25) is 0 Å². The Kier molecular flexibility index (Phi) is 3.68. The molecule has 2 aromatic rings. The van der Waals surface area contributed by atoms with Gasteiger partial charge in [0.05, 0.1) is 5.52 Å². The second kappa shape index (κ2) is 5.05. The summed E-state index contributed by atoms with van der Waals surface area (Å²) in [5, 5.41) is 1.38. The van der Waals surface area contributed by atoms with Gasteiger partial charge in [-0.2, -0.15) is 0 Å². The molecule has 0 radical (unpaired) electrons. The number of para-hydroxylation sites is 1. The molecule has 0 spiro atoms. The maximum Gasteiger partial charge on any atom is 0.0708 e. The van der Waals surface area contributed by atoms with Gasteiger partial charge in [-0.15, -0.1) is 11.6 Å². The lowest BCUT2D eigenvalue weighted by Gasteiger charge is -2.20. The fraction of sp³-hybridized carbons (Fsp3) is 0.400. The van der Waals surface area contributed by atoms with Crippen molar-refractivity contribution < 1.29 is 0 Å². The van der Waals surface area contributed by atoms with Crippen LogP contribution in [0.15, 0.2) is 30.3 Å². The van der Waals surface area contributed by atoms with E-state index in [9.17, 15) is 0 Å². The van der Waals surface area contributed by atoms with Crippen molar-refractivity contribution in [1.29, 1.82) is 0 Å². The molecule has 0 bridgehead atoms. The van der Waals surface area contributed by atoms with Gasteiger partial charge in [-0.1, -0.05) is 25.1 Å². The maximum atomic E-state index is 6.31. The number of halogens is 1. The quantitative estimate of drug-likeness (QED) is 0.719. The lowest BCUT2D eigenvalue weighted by atomic mass is 9.90. The van der Waals surface area contributed by atoms with Crippen LogP contribution in [0, 0.1) is 6.92 Å². The Hall–Kier alpha value is -1.08. The van der Waals surface area contributed by atoms with Gasteiger partial charge < -0.3 is 0 Å². The van der Waals surface area contributed by atoms with E-state index in [2.05, 4.69) is 43.1 Å². The first-order chi connectivity index (χ1) is 8.13. The zero-order chi connectivity index (χ0) is 12.4. The summed E-state index contributed by atoms with van der Waals surface area (Å²) in [4.78, 5) is 4.57. The van der Waals surface area contributed by atoms with Crippen molar-refractivity contribution in [3.8, 4) is 0 Å². The Balaban J connectivity index is 2.66. The van der Waals surface area contributed by atoms with Crippen molar-refractivity contribution in [3.05, 3.63) is 41.6 Å². The molecule has 17 heavy (non-hydrogen) atoms. The van der Waals surface area contributed by atoms with Gasteiger partial charge in [-0.05, 0) is 38.0 Å². The first-order valence-corrected chi connectivity index (χ1v) is 6.57. The van der Waals surface area contributed by atoms with Crippen LogP contribution < -0.4 is 0 Å². The maximum absolute atomic E-state index is 6.31. The largest absolute Gasteiger partial charge is 0.253 e. The molecular formula is C15H18ClN. The van der Waals surface area contributed by atoms with Gasteiger partial charge >= 0.3 is 0 Å². The summed E-state index contributed by atoms with van der Waals surface area (Å²) in [6, 6.07) is 10.5. The Labute approximate surface area is 108 Å². The predicted octanol–water partition coefficient (Wildman–Crippen LogP) is 4.66. The topological polar surface area (TPSA) is 12.9 Å². The molecule has 0 saturated heterocycles. The molecular weight excluding hydrogens is 230 g/mol. The lowest BCUT2D eigenvalue weighted by Crippen LogP contribution is -2.09. The molecule has 90 valence electrons. The summed E-state index contributed by atoms with van der Waals surface area (Å²) in [6.45, 7) is 6.30. The molecule has 1 aromatic carbocycles. The minimum absolute atomic E-state index is 0.144. The molecule has 0 aliphatic rings. The van der Waals surface area contributed by atoms with Crippen molar-refractivity contribution in [3.63, 3.8) is 0 Å².